The van der Waals surface area contributed by atoms with Gasteiger partial charge < -0.3 is 20.3 Å². The lowest BCUT2D eigenvalue weighted by Crippen LogP contribution is -2.52. The van der Waals surface area contributed by atoms with E-state index in [2.05, 4.69) is 28.1 Å². The van der Waals surface area contributed by atoms with Crippen molar-refractivity contribution in [2.24, 2.45) is 0 Å². The van der Waals surface area contributed by atoms with E-state index in [0.29, 0.717) is 25.1 Å². The van der Waals surface area contributed by atoms with Crippen molar-refractivity contribution >= 4 is 23.4 Å². The number of carbonyl (C=O) groups is 3. The predicted molar refractivity (Wildman–Crippen MR) is 118 cm³/mol. The first-order valence-corrected chi connectivity index (χ1v) is 11.0. The number of piperidine rings is 1. The molecule has 8 heteroatoms. The van der Waals surface area contributed by atoms with Gasteiger partial charge in [0.1, 0.15) is 6.04 Å². The van der Waals surface area contributed by atoms with Crippen LogP contribution in [0.1, 0.15) is 46.0 Å². The van der Waals surface area contributed by atoms with Crippen molar-refractivity contribution in [1.82, 2.24) is 15.5 Å². The Morgan fingerprint density at radius 1 is 1.09 bits per heavy atom. The third-order valence-electron chi connectivity index (χ3n) is 6.30. The Morgan fingerprint density at radius 2 is 1.94 bits per heavy atom. The molecule has 3 aliphatic heterocycles. The zero-order valence-electron chi connectivity index (χ0n) is 17.7. The molecule has 2 unspecified atom stereocenters. The Kier molecular flexibility index (Phi) is 5.63. The molecule has 2 atom stereocenters. The van der Waals surface area contributed by atoms with Crippen molar-refractivity contribution in [3.63, 3.8) is 0 Å². The van der Waals surface area contributed by atoms with Crippen LogP contribution in [0.3, 0.4) is 0 Å². The second-order valence-electron chi connectivity index (χ2n) is 8.43. The van der Waals surface area contributed by atoms with E-state index in [1.807, 2.05) is 30.3 Å². The summed E-state index contributed by atoms with van der Waals surface area (Å²) < 4.78 is 5.79. The van der Waals surface area contributed by atoms with Gasteiger partial charge in [0.05, 0.1) is 12.7 Å². The number of nitrogens with one attached hydrogen (secondary N) is 3. The van der Waals surface area contributed by atoms with Gasteiger partial charge in [-0.05, 0) is 41.3 Å². The van der Waals surface area contributed by atoms with Crippen LogP contribution in [0.25, 0.3) is 0 Å². The number of ether oxygens (including phenoxy) is 1. The predicted octanol–water partition coefficient (Wildman–Crippen LogP) is 1.72. The van der Waals surface area contributed by atoms with Gasteiger partial charge in [-0.25, -0.2) is 0 Å². The molecule has 0 radical (unpaired) electrons. The Balaban J connectivity index is 1.22. The van der Waals surface area contributed by atoms with E-state index >= 15 is 0 Å². The van der Waals surface area contributed by atoms with Gasteiger partial charge in [0.2, 0.25) is 11.8 Å². The average Bonchev–Trinajstić information content (AvgIpc) is 3.14. The van der Waals surface area contributed by atoms with Gasteiger partial charge in [-0.2, -0.15) is 0 Å². The summed E-state index contributed by atoms with van der Waals surface area (Å²) in [5.74, 6) is -0.816. The number of morpholine rings is 1. The molecule has 2 fully saturated rings. The second-order valence-corrected chi connectivity index (χ2v) is 8.43. The van der Waals surface area contributed by atoms with Crippen LogP contribution in [-0.2, 0) is 27.4 Å². The molecule has 2 aromatic rings. The Morgan fingerprint density at radius 3 is 2.69 bits per heavy atom. The highest BCUT2D eigenvalue weighted by Gasteiger charge is 2.39. The monoisotopic (exact) mass is 434 g/mol. The number of imide groups is 1. The molecule has 3 amide bonds. The maximum absolute atomic E-state index is 13.0. The summed E-state index contributed by atoms with van der Waals surface area (Å²) in [7, 11) is 0. The molecule has 3 aliphatic rings. The lowest BCUT2D eigenvalue weighted by Gasteiger charge is -2.29. The number of hydrogen-bond donors (Lipinski definition) is 3. The minimum atomic E-state index is -0.587. The normalized spacial score (nSPS) is 23.1. The zero-order valence-corrected chi connectivity index (χ0v) is 17.7. The third-order valence-corrected chi connectivity index (χ3v) is 6.30. The zero-order chi connectivity index (χ0) is 22.1. The SMILES string of the molecule is O=C1CCC(N2Cc3ccc(CNc4ccc(C5CNCCO5)cc4)cc3C2=O)C(=O)N1. The van der Waals surface area contributed by atoms with E-state index < -0.39 is 6.04 Å². The summed E-state index contributed by atoms with van der Waals surface area (Å²) in [6.45, 7) is 3.42. The third kappa shape index (κ3) is 4.11. The molecule has 0 bridgehead atoms. The fourth-order valence-electron chi connectivity index (χ4n) is 4.51. The largest absolute Gasteiger partial charge is 0.381 e. The number of amides is 3. The number of benzene rings is 2. The first kappa shape index (κ1) is 20.7. The number of anilines is 1. The van der Waals surface area contributed by atoms with Crippen LogP contribution in [0.15, 0.2) is 42.5 Å². The highest BCUT2D eigenvalue weighted by Crippen LogP contribution is 2.28. The molecule has 0 aromatic heterocycles. The summed E-state index contributed by atoms with van der Waals surface area (Å²) in [5.41, 5.74) is 4.68. The van der Waals surface area contributed by atoms with Gasteiger partial charge in [0, 0.05) is 43.9 Å². The van der Waals surface area contributed by atoms with Crippen LogP contribution in [-0.4, -0.2) is 48.4 Å². The maximum atomic E-state index is 13.0. The number of rotatable bonds is 5. The molecule has 0 saturated carbocycles. The van der Waals surface area contributed by atoms with Crippen molar-refractivity contribution in [1.29, 1.82) is 0 Å². The van der Waals surface area contributed by atoms with E-state index in [4.69, 9.17) is 4.74 Å². The van der Waals surface area contributed by atoms with Crippen molar-refractivity contribution < 1.29 is 19.1 Å². The fourth-order valence-corrected chi connectivity index (χ4v) is 4.51. The summed E-state index contributed by atoms with van der Waals surface area (Å²) in [6, 6.07) is 13.5. The Labute approximate surface area is 186 Å². The average molecular weight is 434 g/mol. The van der Waals surface area contributed by atoms with Crippen LogP contribution < -0.4 is 16.0 Å². The Bertz CT molecular complexity index is 1050. The summed E-state index contributed by atoms with van der Waals surface area (Å²) in [4.78, 5) is 38.1. The first-order valence-electron chi connectivity index (χ1n) is 11.0. The topological polar surface area (TPSA) is 99.8 Å². The fraction of sp³-hybridized carbons (Fsp3) is 0.375. The summed E-state index contributed by atoms with van der Waals surface area (Å²) >= 11 is 0. The molecule has 166 valence electrons. The van der Waals surface area contributed by atoms with Gasteiger partial charge in [-0.3, -0.25) is 19.7 Å². The first-order chi connectivity index (χ1) is 15.6. The minimum absolute atomic E-state index is 0.0906. The smallest absolute Gasteiger partial charge is 0.255 e. The van der Waals surface area contributed by atoms with Gasteiger partial charge in [0.25, 0.3) is 5.91 Å². The molecule has 32 heavy (non-hydrogen) atoms. The molecule has 5 rings (SSSR count). The molecule has 2 aromatic carbocycles. The van der Waals surface area contributed by atoms with Gasteiger partial charge in [0.15, 0.2) is 0 Å². The molecule has 3 N–H and O–H groups in total. The molecule has 0 aliphatic carbocycles. The Hall–Kier alpha value is -3.23. The van der Waals surface area contributed by atoms with Gasteiger partial charge in [-0.15, -0.1) is 0 Å². The number of nitrogens with zero attached hydrogens (tertiary/aromatic N) is 1. The second kappa shape index (κ2) is 8.72. The van der Waals surface area contributed by atoms with Crippen molar-refractivity contribution in [2.75, 3.05) is 25.0 Å². The number of fused-ring (bicyclic) bond motifs is 1. The molecule has 2 saturated heterocycles. The van der Waals surface area contributed by atoms with Crippen LogP contribution in [0.4, 0.5) is 5.69 Å². The van der Waals surface area contributed by atoms with Crippen LogP contribution in [0.5, 0.6) is 0 Å². The number of carbonyl (C=O) groups excluding carboxylic acids is 3. The molecule has 3 heterocycles. The van der Waals surface area contributed by atoms with E-state index in [0.717, 1.165) is 42.1 Å². The molecular formula is C24H26N4O4. The summed E-state index contributed by atoms with van der Waals surface area (Å²) in [5, 5.41) is 9.07. The quantitative estimate of drug-likeness (QED) is 0.620. The molecule has 8 nitrogen and oxygen atoms in total. The summed E-state index contributed by atoms with van der Waals surface area (Å²) in [6.07, 6.45) is 0.720. The van der Waals surface area contributed by atoms with Crippen LogP contribution in [0.2, 0.25) is 0 Å². The van der Waals surface area contributed by atoms with E-state index in [9.17, 15) is 14.4 Å². The van der Waals surface area contributed by atoms with Crippen molar-refractivity contribution in [3.8, 4) is 0 Å². The highest BCUT2D eigenvalue weighted by atomic mass is 16.5. The molecule has 0 spiro atoms. The lowest BCUT2D eigenvalue weighted by molar-refractivity contribution is -0.136. The highest BCUT2D eigenvalue weighted by molar-refractivity contribution is 6.05. The maximum Gasteiger partial charge on any atom is 0.255 e. The van der Waals surface area contributed by atoms with Gasteiger partial charge >= 0.3 is 0 Å². The van der Waals surface area contributed by atoms with Crippen LogP contribution in [0, 0.1) is 0 Å². The standard InChI is InChI=1S/C24H26N4O4/c29-22-8-7-20(23(30)27-22)28-14-17-2-1-15(11-19(17)24(28)31)12-26-18-5-3-16(4-6-18)21-13-25-9-10-32-21/h1-6,11,20-21,25-26H,7-10,12-14H2,(H,27,29,30). The minimum Gasteiger partial charge on any atom is -0.381 e. The van der Waals surface area contributed by atoms with Crippen molar-refractivity contribution in [3.05, 3.63) is 64.7 Å². The van der Waals surface area contributed by atoms with E-state index in [1.54, 1.807) is 4.90 Å². The van der Waals surface area contributed by atoms with Crippen molar-refractivity contribution in [2.45, 2.75) is 38.1 Å². The van der Waals surface area contributed by atoms with Crippen LogP contribution >= 0.6 is 0 Å². The van der Waals surface area contributed by atoms with E-state index in [1.165, 1.54) is 0 Å². The van der Waals surface area contributed by atoms with E-state index in [-0.39, 0.29) is 30.2 Å². The molecular weight excluding hydrogens is 408 g/mol. The number of hydrogen-bond acceptors (Lipinski definition) is 6. The lowest BCUT2D eigenvalue weighted by atomic mass is 10.0. The van der Waals surface area contributed by atoms with Gasteiger partial charge in [-0.1, -0.05) is 24.3 Å².